The minimum absolute atomic E-state index is 0.0766. The molecule has 2 heterocycles. The van der Waals surface area contributed by atoms with E-state index in [-0.39, 0.29) is 30.2 Å². The number of nitrogens with one attached hydrogen (secondary N) is 1. The number of anilines is 1. The van der Waals surface area contributed by atoms with Crippen molar-refractivity contribution in [3.63, 3.8) is 0 Å². The zero-order chi connectivity index (χ0) is 22.1. The highest BCUT2D eigenvalue weighted by molar-refractivity contribution is 6.32. The Morgan fingerprint density at radius 3 is 2.63 bits per heavy atom. The molecule has 0 aliphatic carbocycles. The summed E-state index contributed by atoms with van der Waals surface area (Å²) in [5.74, 6) is -0.887. The first-order chi connectivity index (χ1) is 14.0. The van der Waals surface area contributed by atoms with Crippen molar-refractivity contribution in [1.82, 2.24) is 19.6 Å². The molecule has 160 valence electrons. The highest BCUT2D eigenvalue weighted by atomic mass is 35.5. The first-order valence-electron chi connectivity index (χ1n) is 8.61. The Morgan fingerprint density at radius 2 is 2.00 bits per heavy atom. The van der Waals surface area contributed by atoms with Crippen LogP contribution >= 0.6 is 23.2 Å². The van der Waals surface area contributed by atoms with Gasteiger partial charge in [-0.1, -0.05) is 29.3 Å². The van der Waals surface area contributed by atoms with Gasteiger partial charge in [0.05, 0.1) is 35.7 Å². The summed E-state index contributed by atoms with van der Waals surface area (Å²) in [4.78, 5) is 12.1. The van der Waals surface area contributed by atoms with E-state index in [2.05, 4.69) is 15.5 Å². The van der Waals surface area contributed by atoms with E-state index >= 15 is 0 Å². The average molecular weight is 464 g/mol. The maximum absolute atomic E-state index is 13.1. The molecule has 1 amide bonds. The lowest BCUT2D eigenvalue weighted by molar-refractivity contribution is -0.141. The summed E-state index contributed by atoms with van der Waals surface area (Å²) in [6.45, 7) is 1.58. The zero-order valence-electron chi connectivity index (χ0n) is 15.5. The fraction of sp³-hybridized carbons (Fsp3) is 0.278. The highest BCUT2D eigenvalue weighted by Gasteiger charge is 2.38. The number of halogens is 6. The fourth-order valence-electron chi connectivity index (χ4n) is 2.69. The van der Waals surface area contributed by atoms with Crippen molar-refractivity contribution in [3.05, 3.63) is 63.4 Å². The van der Waals surface area contributed by atoms with E-state index < -0.39 is 28.6 Å². The van der Waals surface area contributed by atoms with E-state index in [0.29, 0.717) is 11.3 Å². The van der Waals surface area contributed by atoms with Crippen molar-refractivity contribution in [2.24, 2.45) is 0 Å². The predicted molar refractivity (Wildman–Crippen MR) is 103 cm³/mol. The molecule has 3 rings (SSSR count). The van der Waals surface area contributed by atoms with Crippen LogP contribution in [-0.2, 0) is 24.1 Å². The molecule has 0 aliphatic rings. The van der Waals surface area contributed by atoms with Crippen LogP contribution in [0.5, 0.6) is 0 Å². The minimum atomic E-state index is -4.67. The van der Waals surface area contributed by atoms with Gasteiger partial charge >= 0.3 is 6.18 Å². The number of hydrogen-bond donors (Lipinski definition) is 1. The fourth-order valence-corrected chi connectivity index (χ4v) is 3.16. The van der Waals surface area contributed by atoms with E-state index in [4.69, 9.17) is 23.2 Å². The molecule has 0 fully saturated rings. The van der Waals surface area contributed by atoms with Crippen molar-refractivity contribution in [2.75, 3.05) is 5.32 Å². The van der Waals surface area contributed by atoms with Crippen molar-refractivity contribution in [3.8, 4) is 0 Å². The van der Waals surface area contributed by atoms with Crippen LogP contribution in [0.2, 0.25) is 10.0 Å². The van der Waals surface area contributed by atoms with Gasteiger partial charge < -0.3 is 5.32 Å². The number of rotatable bonds is 6. The molecular formula is C18H15Cl2F4N5O. The van der Waals surface area contributed by atoms with Gasteiger partial charge in [0.15, 0.2) is 5.69 Å². The van der Waals surface area contributed by atoms with Crippen molar-refractivity contribution >= 4 is 34.8 Å². The van der Waals surface area contributed by atoms with Gasteiger partial charge in [-0.05, 0) is 24.6 Å². The second kappa shape index (κ2) is 8.65. The largest absolute Gasteiger partial charge is 0.436 e. The van der Waals surface area contributed by atoms with Crippen molar-refractivity contribution < 1.29 is 22.4 Å². The third kappa shape index (κ3) is 5.11. The summed E-state index contributed by atoms with van der Waals surface area (Å²) >= 11 is 11.7. The quantitative estimate of drug-likeness (QED) is 0.527. The Balaban J connectivity index is 1.59. The Bertz CT molecular complexity index is 1080. The lowest BCUT2D eigenvalue weighted by atomic mass is 10.2. The predicted octanol–water partition coefficient (Wildman–Crippen LogP) is 4.93. The first-order valence-corrected chi connectivity index (χ1v) is 9.36. The van der Waals surface area contributed by atoms with Gasteiger partial charge in [0, 0.05) is 17.6 Å². The molecule has 0 radical (unpaired) electrons. The summed E-state index contributed by atoms with van der Waals surface area (Å²) in [6.07, 6.45) is -1.83. The molecule has 2 aromatic heterocycles. The molecule has 0 spiro atoms. The highest BCUT2D eigenvalue weighted by Crippen LogP contribution is 2.35. The molecule has 0 bridgehead atoms. The number of nitrogens with zero attached hydrogens (tertiary/aromatic N) is 4. The molecular weight excluding hydrogens is 449 g/mol. The zero-order valence-corrected chi connectivity index (χ0v) is 17.0. The smallest absolute Gasteiger partial charge is 0.323 e. The number of carbonyl (C=O) groups is 1. The summed E-state index contributed by atoms with van der Waals surface area (Å²) in [7, 11) is 0. The molecule has 30 heavy (non-hydrogen) atoms. The number of amides is 1. The van der Waals surface area contributed by atoms with Gasteiger partial charge in [0.1, 0.15) is 5.82 Å². The van der Waals surface area contributed by atoms with Crippen molar-refractivity contribution in [1.29, 1.82) is 0 Å². The molecule has 0 atom stereocenters. The lowest BCUT2D eigenvalue weighted by Gasteiger charge is -2.06. The van der Waals surface area contributed by atoms with Crippen LogP contribution in [0, 0.1) is 12.7 Å². The summed E-state index contributed by atoms with van der Waals surface area (Å²) < 4.78 is 54.2. The molecule has 0 unspecified atom stereocenters. The Hall–Kier alpha value is -2.59. The standard InChI is InChI=1S/C18H15Cl2F4N5O/c1-10-16(20)17(18(22,23)24)27-29(10)5-4-15(30)26-13-7-25-28(9-13)8-11-2-3-12(21)6-14(11)19/h2-3,6-7,9H,4-5,8H2,1H3,(H,26,30). The number of aryl methyl sites for hydroxylation is 1. The van der Waals surface area contributed by atoms with Crippen LogP contribution < -0.4 is 5.32 Å². The molecule has 3 aromatic rings. The molecule has 12 heteroatoms. The first kappa shape index (κ1) is 22.1. The molecule has 6 nitrogen and oxygen atoms in total. The van der Waals surface area contributed by atoms with E-state index in [1.807, 2.05) is 0 Å². The summed E-state index contributed by atoms with van der Waals surface area (Å²) in [5, 5.41) is 9.91. The van der Waals surface area contributed by atoms with E-state index in [0.717, 1.165) is 4.68 Å². The number of aromatic nitrogens is 4. The second-order valence-electron chi connectivity index (χ2n) is 6.43. The molecule has 1 N–H and O–H groups in total. The number of hydrogen-bond acceptors (Lipinski definition) is 3. The van der Waals surface area contributed by atoms with Gasteiger partial charge in [-0.15, -0.1) is 0 Å². The van der Waals surface area contributed by atoms with Crippen molar-refractivity contribution in [2.45, 2.75) is 32.6 Å². The van der Waals surface area contributed by atoms with Crippen LogP contribution in [0.15, 0.2) is 30.6 Å². The third-order valence-electron chi connectivity index (χ3n) is 4.22. The van der Waals surface area contributed by atoms with Gasteiger partial charge in [-0.2, -0.15) is 23.4 Å². The monoisotopic (exact) mass is 463 g/mol. The van der Waals surface area contributed by atoms with Crippen LogP contribution in [0.4, 0.5) is 23.2 Å². The Labute approximate surface area is 178 Å². The lowest BCUT2D eigenvalue weighted by Crippen LogP contribution is -2.16. The molecule has 1 aromatic carbocycles. The van der Waals surface area contributed by atoms with Gasteiger partial charge in [0.2, 0.25) is 5.91 Å². The molecule has 0 saturated heterocycles. The van der Waals surface area contributed by atoms with Crippen LogP contribution in [-0.4, -0.2) is 25.5 Å². The number of benzene rings is 1. The van der Waals surface area contributed by atoms with Crippen LogP contribution in [0.25, 0.3) is 0 Å². The second-order valence-corrected chi connectivity index (χ2v) is 7.21. The summed E-state index contributed by atoms with van der Waals surface area (Å²) in [6, 6.07) is 4.00. The normalized spacial score (nSPS) is 11.7. The van der Waals surface area contributed by atoms with Gasteiger partial charge in [-0.25, -0.2) is 4.39 Å². The third-order valence-corrected chi connectivity index (χ3v) is 5.02. The summed E-state index contributed by atoms with van der Waals surface area (Å²) in [5.41, 5.74) is -0.0152. The maximum Gasteiger partial charge on any atom is 0.436 e. The average Bonchev–Trinajstić information content (AvgIpc) is 3.20. The number of alkyl halides is 3. The minimum Gasteiger partial charge on any atom is -0.323 e. The van der Waals surface area contributed by atoms with E-state index in [1.165, 1.54) is 36.0 Å². The Morgan fingerprint density at radius 1 is 1.27 bits per heavy atom. The van der Waals surface area contributed by atoms with E-state index in [9.17, 15) is 22.4 Å². The molecule has 0 saturated carbocycles. The van der Waals surface area contributed by atoms with Gasteiger partial charge in [0.25, 0.3) is 0 Å². The van der Waals surface area contributed by atoms with E-state index in [1.54, 1.807) is 6.20 Å². The SMILES string of the molecule is Cc1c(Cl)c(C(F)(F)F)nn1CCC(=O)Nc1cnn(Cc2ccc(F)cc2Cl)c1. The maximum atomic E-state index is 13.1. The van der Waals surface area contributed by atoms with Crippen LogP contribution in [0.3, 0.4) is 0 Å². The van der Waals surface area contributed by atoms with Crippen LogP contribution in [0.1, 0.15) is 23.4 Å². The topological polar surface area (TPSA) is 64.7 Å². The Kier molecular flexibility index (Phi) is 6.37. The van der Waals surface area contributed by atoms with Gasteiger partial charge in [-0.3, -0.25) is 14.2 Å². The number of carbonyl (C=O) groups excluding carboxylic acids is 1. The molecule has 0 aliphatic heterocycles.